The molecule has 7 heteroatoms. The van der Waals surface area contributed by atoms with Crippen LogP contribution in [0, 0.1) is 11.6 Å². The second kappa shape index (κ2) is 5.97. The van der Waals surface area contributed by atoms with E-state index in [9.17, 15) is 13.6 Å². The zero-order chi connectivity index (χ0) is 15.6. The number of benzene rings is 2. The number of nitrogens with two attached hydrogens (primary N) is 1. The molecule has 0 aliphatic heterocycles. The van der Waals surface area contributed by atoms with Gasteiger partial charge in [-0.1, -0.05) is 17.7 Å². The molecule has 0 spiro atoms. The van der Waals surface area contributed by atoms with E-state index >= 15 is 0 Å². The second-order valence-electron chi connectivity index (χ2n) is 4.12. The van der Waals surface area contributed by atoms with Gasteiger partial charge in [-0.15, -0.1) is 0 Å². The Bertz CT molecular complexity index is 684. The van der Waals surface area contributed by atoms with E-state index in [0.29, 0.717) is 11.8 Å². The predicted octanol–water partition coefficient (Wildman–Crippen LogP) is 3.46. The fraction of sp³-hybridized carbons (Fsp3) is 0.0714. The molecular formula is C14H11ClF2N2O2. The van der Waals surface area contributed by atoms with Crippen molar-refractivity contribution in [2.45, 2.75) is 0 Å². The van der Waals surface area contributed by atoms with Crippen molar-refractivity contribution in [3.8, 4) is 5.75 Å². The minimum Gasteiger partial charge on any atom is -0.495 e. The number of hydrogen-bond acceptors (Lipinski definition) is 3. The number of carbonyl (C=O) groups excluding carboxylic acids is 1. The summed E-state index contributed by atoms with van der Waals surface area (Å²) in [6.07, 6.45) is 0. The average Bonchev–Trinajstić information content (AvgIpc) is 2.42. The third-order valence-electron chi connectivity index (χ3n) is 2.78. The molecule has 0 aromatic heterocycles. The SMILES string of the molecule is COc1cccc(C(=O)Nc2c(F)cc(F)cc2Cl)c1N. The maximum Gasteiger partial charge on any atom is 0.258 e. The van der Waals surface area contributed by atoms with Crippen molar-refractivity contribution in [1.29, 1.82) is 0 Å². The lowest BCUT2D eigenvalue weighted by Crippen LogP contribution is -2.16. The molecule has 3 N–H and O–H groups in total. The number of amides is 1. The van der Waals surface area contributed by atoms with Crippen molar-refractivity contribution in [2.24, 2.45) is 0 Å². The van der Waals surface area contributed by atoms with E-state index in [1.165, 1.54) is 13.2 Å². The van der Waals surface area contributed by atoms with Crippen molar-refractivity contribution in [2.75, 3.05) is 18.2 Å². The number of anilines is 2. The summed E-state index contributed by atoms with van der Waals surface area (Å²) in [6, 6.07) is 6.11. The van der Waals surface area contributed by atoms with Gasteiger partial charge in [0.1, 0.15) is 11.6 Å². The van der Waals surface area contributed by atoms with Gasteiger partial charge in [-0.3, -0.25) is 4.79 Å². The van der Waals surface area contributed by atoms with E-state index < -0.39 is 17.5 Å². The molecule has 110 valence electrons. The molecule has 2 aromatic rings. The van der Waals surface area contributed by atoms with Crippen LogP contribution in [-0.4, -0.2) is 13.0 Å². The Morgan fingerprint density at radius 1 is 1.33 bits per heavy atom. The van der Waals surface area contributed by atoms with Gasteiger partial charge >= 0.3 is 0 Å². The van der Waals surface area contributed by atoms with Crippen LogP contribution in [0.15, 0.2) is 30.3 Å². The summed E-state index contributed by atoms with van der Waals surface area (Å²) in [6.45, 7) is 0. The van der Waals surface area contributed by atoms with Crippen molar-refractivity contribution < 1.29 is 18.3 Å². The van der Waals surface area contributed by atoms with Crippen LogP contribution in [0.3, 0.4) is 0 Å². The Labute approximate surface area is 124 Å². The number of nitrogens with one attached hydrogen (secondary N) is 1. The van der Waals surface area contributed by atoms with Crippen molar-refractivity contribution >= 4 is 28.9 Å². The van der Waals surface area contributed by atoms with E-state index in [4.69, 9.17) is 22.1 Å². The summed E-state index contributed by atoms with van der Waals surface area (Å²) in [5.41, 5.74) is 5.66. The average molecular weight is 313 g/mol. The Morgan fingerprint density at radius 3 is 2.67 bits per heavy atom. The first-order valence-electron chi connectivity index (χ1n) is 5.82. The molecule has 1 amide bonds. The minimum absolute atomic E-state index is 0.0918. The third-order valence-corrected chi connectivity index (χ3v) is 3.07. The first kappa shape index (κ1) is 15.1. The van der Waals surface area contributed by atoms with Crippen LogP contribution in [0.5, 0.6) is 5.75 Å². The first-order chi connectivity index (χ1) is 9.93. The molecule has 0 radical (unpaired) electrons. The van der Waals surface area contributed by atoms with Gasteiger partial charge in [0.25, 0.3) is 5.91 Å². The number of nitrogen functional groups attached to an aromatic ring is 1. The molecular weight excluding hydrogens is 302 g/mol. The largest absolute Gasteiger partial charge is 0.495 e. The van der Waals surface area contributed by atoms with Gasteiger partial charge in [-0.25, -0.2) is 8.78 Å². The monoisotopic (exact) mass is 312 g/mol. The highest BCUT2D eigenvalue weighted by atomic mass is 35.5. The van der Waals surface area contributed by atoms with Gasteiger partial charge in [0, 0.05) is 6.07 Å². The molecule has 0 saturated heterocycles. The third kappa shape index (κ3) is 3.05. The van der Waals surface area contributed by atoms with Crippen LogP contribution in [0.1, 0.15) is 10.4 Å². The van der Waals surface area contributed by atoms with Crippen LogP contribution in [-0.2, 0) is 0 Å². The highest BCUT2D eigenvalue weighted by Gasteiger charge is 2.17. The molecule has 0 aliphatic rings. The second-order valence-corrected chi connectivity index (χ2v) is 4.53. The van der Waals surface area contributed by atoms with Crippen LogP contribution >= 0.6 is 11.6 Å². The highest BCUT2D eigenvalue weighted by Crippen LogP contribution is 2.29. The topological polar surface area (TPSA) is 64.3 Å². The molecule has 21 heavy (non-hydrogen) atoms. The molecule has 0 aliphatic carbocycles. The van der Waals surface area contributed by atoms with Crippen molar-refractivity contribution in [3.63, 3.8) is 0 Å². The van der Waals surface area contributed by atoms with Gasteiger partial charge in [-0.05, 0) is 18.2 Å². The van der Waals surface area contributed by atoms with Gasteiger partial charge in [0.05, 0.1) is 29.1 Å². The Kier molecular flexibility index (Phi) is 4.28. The summed E-state index contributed by atoms with van der Waals surface area (Å²) in [4.78, 5) is 12.1. The van der Waals surface area contributed by atoms with Gasteiger partial charge in [0.2, 0.25) is 0 Å². The van der Waals surface area contributed by atoms with Gasteiger partial charge in [-0.2, -0.15) is 0 Å². The van der Waals surface area contributed by atoms with E-state index in [0.717, 1.165) is 6.07 Å². The number of hydrogen-bond donors (Lipinski definition) is 2. The van der Waals surface area contributed by atoms with E-state index in [1.807, 2.05) is 0 Å². The van der Waals surface area contributed by atoms with Crippen LogP contribution < -0.4 is 15.8 Å². The maximum absolute atomic E-state index is 13.6. The van der Waals surface area contributed by atoms with Crippen molar-refractivity contribution in [3.05, 3.63) is 52.6 Å². The summed E-state index contributed by atoms with van der Waals surface area (Å²) in [7, 11) is 1.41. The van der Waals surface area contributed by atoms with E-state index in [2.05, 4.69) is 5.32 Å². The maximum atomic E-state index is 13.6. The number of rotatable bonds is 3. The number of para-hydroxylation sites is 1. The Hall–Kier alpha value is -2.34. The van der Waals surface area contributed by atoms with Crippen LogP contribution in [0.2, 0.25) is 5.02 Å². The summed E-state index contributed by atoms with van der Waals surface area (Å²) >= 11 is 5.71. The molecule has 0 unspecified atom stereocenters. The number of ether oxygens (including phenoxy) is 1. The van der Waals surface area contributed by atoms with Gasteiger partial charge < -0.3 is 15.8 Å². The first-order valence-corrected chi connectivity index (χ1v) is 6.20. The lowest BCUT2D eigenvalue weighted by molar-refractivity contribution is 0.102. The minimum atomic E-state index is -0.977. The smallest absolute Gasteiger partial charge is 0.258 e. The molecule has 0 fully saturated rings. The van der Waals surface area contributed by atoms with Crippen molar-refractivity contribution in [1.82, 2.24) is 0 Å². The zero-order valence-corrected chi connectivity index (χ0v) is 11.7. The molecule has 0 atom stereocenters. The fourth-order valence-corrected chi connectivity index (χ4v) is 2.00. The van der Waals surface area contributed by atoms with Crippen LogP contribution in [0.25, 0.3) is 0 Å². The molecule has 0 saturated carbocycles. The standard InChI is InChI=1S/C14H11ClF2N2O2/c1-21-11-4-2-3-8(12(11)18)14(20)19-13-9(15)5-7(16)6-10(13)17/h2-6H,18H2,1H3,(H,19,20). The lowest BCUT2D eigenvalue weighted by atomic mass is 10.1. The molecule has 2 rings (SSSR count). The molecule has 2 aromatic carbocycles. The normalized spacial score (nSPS) is 10.3. The van der Waals surface area contributed by atoms with E-state index in [-0.39, 0.29) is 22.0 Å². The summed E-state index contributed by atoms with van der Waals surface area (Å²) in [5, 5.41) is 2.02. The van der Waals surface area contributed by atoms with Crippen LogP contribution in [0.4, 0.5) is 20.2 Å². The molecule has 0 heterocycles. The molecule has 0 bridgehead atoms. The molecule has 4 nitrogen and oxygen atoms in total. The lowest BCUT2D eigenvalue weighted by Gasteiger charge is -2.12. The Morgan fingerprint density at radius 2 is 2.05 bits per heavy atom. The van der Waals surface area contributed by atoms with E-state index in [1.54, 1.807) is 12.1 Å². The number of carbonyl (C=O) groups is 1. The summed E-state index contributed by atoms with van der Waals surface area (Å²) < 4.78 is 31.6. The summed E-state index contributed by atoms with van der Waals surface area (Å²) in [5.74, 6) is -2.18. The van der Waals surface area contributed by atoms with Gasteiger partial charge in [0.15, 0.2) is 5.82 Å². The number of halogens is 3. The predicted molar refractivity (Wildman–Crippen MR) is 76.7 cm³/mol. The number of methoxy groups -OCH3 is 1. The zero-order valence-electron chi connectivity index (χ0n) is 10.9. The fourth-order valence-electron chi connectivity index (χ4n) is 1.76. The Balaban J connectivity index is 2.35. The quantitative estimate of drug-likeness (QED) is 0.853. The highest BCUT2D eigenvalue weighted by molar-refractivity contribution is 6.34.